The molecule has 0 heterocycles. The predicted octanol–water partition coefficient (Wildman–Crippen LogP) is 6.47. The summed E-state index contributed by atoms with van der Waals surface area (Å²) in [5, 5.41) is 13.5. The molecule has 0 aliphatic rings. The number of methoxy groups -OCH3 is 2. The second-order valence-electron chi connectivity index (χ2n) is 7.26. The van der Waals surface area contributed by atoms with Gasteiger partial charge in [0.2, 0.25) is 0 Å². The fraction of sp³-hybridized carbons (Fsp3) is 0.154. The molecule has 0 aliphatic carbocycles. The fourth-order valence-corrected chi connectivity index (χ4v) is 3.82. The van der Waals surface area contributed by atoms with Crippen LogP contribution in [0.15, 0.2) is 60.2 Å². The number of hydrogen-bond donors (Lipinski definition) is 1. The van der Waals surface area contributed by atoms with E-state index in [0.29, 0.717) is 32.9 Å². The molecule has 0 fully saturated rings. The third-order valence-corrected chi connectivity index (χ3v) is 5.79. The van der Waals surface area contributed by atoms with Crippen molar-refractivity contribution in [2.24, 2.45) is 0 Å². The molecule has 180 valence electrons. The molecule has 3 rings (SSSR count). The summed E-state index contributed by atoms with van der Waals surface area (Å²) in [5.41, 5.74) is 2.00. The number of nitriles is 1. The zero-order chi connectivity index (χ0) is 25.4. The molecule has 0 unspecified atom stereocenters. The first-order valence-electron chi connectivity index (χ1n) is 10.3. The van der Waals surface area contributed by atoms with E-state index < -0.39 is 5.91 Å². The molecule has 0 aliphatic heterocycles. The standard InChI is InChI=1S/C26H21Cl3N2O4/c1-33-21-7-3-16(4-8-21)14-31-26(32)19(13-30)9-17-10-23(29)25(24(11-17)34-2)35-15-18-5-6-20(27)12-22(18)28/h3-12H,14-15H2,1-2H3,(H,31,32)/b19-9-. The Labute approximate surface area is 218 Å². The van der Waals surface area contributed by atoms with Gasteiger partial charge in [-0.25, -0.2) is 0 Å². The molecule has 0 aromatic heterocycles. The summed E-state index contributed by atoms with van der Waals surface area (Å²) in [6.45, 7) is 0.393. The highest BCUT2D eigenvalue weighted by Crippen LogP contribution is 2.38. The van der Waals surface area contributed by atoms with Gasteiger partial charge in [-0.1, -0.05) is 53.0 Å². The minimum atomic E-state index is -0.517. The van der Waals surface area contributed by atoms with Gasteiger partial charge in [-0.15, -0.1) is 0 Å². The number of carbonyl (C=O) groups is 1. The average molecular weight is 532 g/mol. The van der Waals surface area contributed by atoms with Gasteiger partial charge in [-0.05, 0) is 53.6 Å². The molecule has 1 amide bonds. The largest absolute Gasteiger partial charge is 0.497 e. The van der Waals surface area contributed by atoms with Gasteiger partial charge < -0.3 is 19.5 Å². The Bertz CT molecular complexity index is 1280. The Kier molecular flexibility index (Phi) is 9.27. The van der Waals surface area contributed by atoms with E-state index in [-0.39, 0.29) is 23.7 Å². The van der Waals surface area contributed by atoms with Crippen LogP contribution in [-0.2, 0) is 17.9 Å². The lowest BCUT2D eigenvalue weighted by molar-refractivity contribution is -0.117. The molecular weight excluding hydrogens is 511 g/mol. The fourth-order valence-electron chi connectivity index (χ4n) is 3.09. The third kappa shape index (κ3) is 7.06. The average Bonchev–Trinajstić information content (AvgIpc) is 2.86. The van der Waals surface area contributed by atoms with E-state index >= 15 is 0 Å². The third-order valence-electron chi connectivity index (χ3n) is 4.93. The van der Waals surface area contributed by atoms with E-state index in [1.54, 1.807) is 49.6 Å². The second kappa shape index (κ2) is 12.4. The smallest absolute Gasteiger partial charge is 0.262 e. The molecule has 0 saturated heterocycles. The van der Waals surface area contributed by atoms with Gasteiger partial charge in [0.25, 0.3) is 5.91 Å². The number of ether oxygens (including phenoxy) is 3. The topological polar surface area (TPSA) is 80.6 Å². The van der Waals surface area contributed by atoms with Crippen LogP contribution in [0.25, 0.3) is 6.08 Å². The van der Waals surface area contributed by atoms with Gasteiger partial charge >= 0.3 is 0 Å². The van der Waals surface area contributed by atoms with Crippen LogP contribution >= 0.6 is 34.8 Å². The number of amides is 1. The quantitative estimate of drug-likeness (QED) is 0.253. The molecule has 3 aromatic rings. The minimum Gasteiger partial charge on any atom is -0.497 e. The Hall–Kier alpha value is -3.37. The Morgan fingerprint density at radius 2 is 1.74 bits per heavy atom. The van der Waals surface area contributed by atoms with Crippen LogP contribution in [0.1, 0.15) is 16.7 Å². The van der Waals surface area contributed by atoms with E-state index in [1.165, 1.54) is 13.2 Å². The molecule has 0 saturated carbocycles. The maximum absolute atomic E-state index is 12.6. The second-order valence-corrected chi connectivity index (χ2v) is 8.51. The van der Waals surface area contributed by atoms with Crippen LogP contribution in [0, 0.1) is 11.3 Å². The first kappa shape index (κ1) is 26.2. The maximum atomic E-state index is 12.6. The van der Waals surface area contributed by atoms with Crippen molar-refractivity contribution in [2.45, 2.75) is 13.2 Å². The molecule has 1 N–H and O–H groups in total. The number of nitrogens with one attached hydrogen (secondary N) is 1. The van der Waals surface area contributed by atoms with Crippen molar-refractivity contribution in [2.75, 3.05) is 14.2 Å². The van der Waals surface area contributed by atoms with Crippen molar-refractivity contribution in [3.05, 3.63) is 91.9 Å². The monoisotopic (exact) mass is 530 g/mol. The lowest BCUT2D eigenvalue weighted by Gasteiger charge is -2.14. The lowest BCUT2D eigenvalue weighted by Crippen LogP contribution is -2.23. The highest BCUT2D eigenvalue weighted by molar-refractivity contribution is 6.35. The normalized spacial score (nSPS) is 10.9. The molecule has 0 bridgehead atoms. The van der Waals surface area contributed by atoms with Gasteiger partial charge in [0.15, 0.2) is 11.5 Å². The van der Waals surface area contributed by atoms with E-state index in [0.717, 1.165) is 11.1 Å². The lowest BCUT2D eigenvalue weighted by atomic mass is 10.1. The molecule has 6 nitrogen and oxygen atoms in total. The summed E-state index contributed by atoms with van der Waals surface area (Å²) in [5.74, 6) is 0.841. The number of nitrogens with zero attached hydrogens (tertiary/aromatic N) is 1. The van der Waals surface area contributed by atoms with Crippen LogP contribution in [0.4, 0.5) is 0 Å². The first-order chi connectivity index (χ1) is 16.8. The van der Waals surface area contributed by atoms with E-state index in [1.807, 2.05) is 18.2 Å². The number of carbonyl (C=O) groups excluding carboxylic acids is 1. The van der Waals surface area contributed by atoms with Crippen LogP contribution in [0.2, 0.25) is 15.1 Å². The summed E-state index contributed by atoms with van der Waals surface area (Å²) in [6, 6.07) is 17.5. The summed E-state index contributed by atoms with van der Waals surface area (Å²) in [4.78, 5) is 12.6. The van der Waals surface area contributed by atoms with Crippen molar-refractivity contribution >= 4 is 46.8 Å². The van der Waals surface area contributed by atoms with Gasteiger partial charge in [0, 0.05) is 22.2 Å². The summed E-state index contributed by atoms with van der Waals surface area (Å²) in [6.07, 6.45) is 1.43. The highest BCUT2D eigenvalue weighted by Gasteiger charge is 2.15. The molecule has 9 heteroatoms. The number of rotatable bonds is 9. The minimum absolute atomic E-state index is 0.0850. The van der Waals surface area contributed by atoms with Gasteiger partial charge in [0.05, 0.1) is 19.2 Å². The molecule has 0 spiro atoms. The predicted molar refractivity (Wildman–Crippen MR) is 137 cm³/mol. The van der Waals surface area contributed by atoms with Crippen molar-refractivity contribution < 1.29 is 19.0 Å². The Balaban J connectivity index is 1.74. The molecule has 3 aromatic carbocycles. The molecule has 0 radical (unpaired) electrons. The van der Waals surface area contributed by atoms with Gasteiger partial charge in [0.1, 0.15) is 24.0 Å². The maximum Gasteiger partial charge on any atom is 0.262 e. The number of hydrogen-bond acceptors (Lipinski definition) is 5. The van der Waals surface area contributed by atoms with Crippen LogP contribution < -0.4 is 19.5 Å². The van der Waals surface area contributed by atoms with Crippen LogP contribution in [0.5, 0.6) is 17.2 Å². The van der Waals surface area contributed by atoms with Crippen LogP contribution in [0.3, 0.4) is 0 Å². The first-order valence-corrected chi connectivity index (χ1v) is 11.4. The van der Waals surface area contributed by atoms with E-state index in [2.05, 4.69) is 5.32 Å². The summed E-state index contributed by atoms with van der Waals surface area (Å²) >= 11 is 18.6. The van der Waals surface area contributed by atoms with E-state index in [9.17, 15) is 10.1 Å². The molecule has 35 heavy (non-hydrogen) atoms. The van der Waals surface area contributed by atoms with E-state index in [4.69, 9.17) is 49.0 Å². The van der Waals surface area contributed by atoms with Gasteiger partial charge in [-0.2, -0.15) is 5.26 Å². The molecule has 0 atom stereocenters. The van der Waals surface area contributed by atoms with Crippen molar-refractivity contribution in [1.29, 1.82) is 5.26 Å². The van der Waals surface area contributed by atoms with Gasteiger partial charge in [-0.3, -0.25) is 4.79 Å². The SMILES string of the molecule is COc1ccc(CNC(=O)/C(C#N)=C\c2cc(Cl)c(OCc3ccc(Cl)cc3Cl)c(OC)c2)cc1. The summed E-state index contributed by atoms with van der Waals surface area (Å²) < 4.78 is 16.4. The van der Waals surface area contributed by atoms with Crippen molar-refractivity contribution in [3.63, 3.8) is 0 Å². The number of halogens is 3. The van der Waals surface area contributed by atoms with Crippen molar-refractivity contribution in [3.8, 4) is 23.3 Å². The van der Waals surface area contributed by atoms with Crippen LogP contribution in [-0.4, -0.2) is 20.1 Å². The Morgan fingerprint density at radius 3 is 2.37 bits per heavy atom. The van der Waals surface area contributed by atoms with Crippen molar-refractivity contribution in [1.82, 2.24) is 5.32 Å². The summed E-state index contributed by atoms with van der Waals surface area (Å²) in [7, 11) is 3.05. The Morgan fingerprint density at radius 1 is 1.00 bits per heavy atom. The molecular formula is C26H21Cl3N2O4. The zero-order valence-electron chi connectivity index (χ0n) is 18.9. The zero-order valence-corrected chi connectivity index (χ0v) is 21.2. The number of benzene rings is 3. The highest BCUT2D eigenvalue weighted by atomic mass is 35.5.